The number of hydrogen-bond donors (Lipinski definition) is 0. The number of hydrogen-bond acceptors (Lipinski definition) is 1. The van der Waals surface area contributed by atoms with E-state index in [4.69, 9.17) is 0 Å². The number of carbonyl (C=O) groups is 1. The summed E-state index contributed by atoms with van der Waals surface area (Å²) in [5, 5.41) is 0. The van der Waals surface area contributed by atoms with E-state index in [0.29, 0.717) is 11.7 Å². The van der Waals surface area contributed by atoms with Gasteiger partial charge in [0.25, 0.3) is 0 Å². The van der Waals surface area contributed by atoms with Gasteiger partial charge < -0.3 is 4.79 Å². The second-order valence-corrected chi connectivity index (χ2v) is 3.15. The van der Waals surface area contributed by atoms with Gasteiger partial charge >= 0.3 is 0 Å². The SMILES string of the molecule is C/C=C/CC(C)CCC(C)=O. The summed E-state index contributed by atoms with van der Waals surface area (Å²) >= 11 is 0. The van der Waals surface area contributed by atoms with E-state index in [2.05, 4.69) is 19.1 Å². The largest absolute Gasteiger partial charge is 0.300 e. The fraction of sp³-hybridized carbons (Fsp3) is 0.700. The van der Waals surface area contributed by atoms with Gasteiger partial charge in [0.2, 0.25) is 0 Å². The molecule has 0 aromatic heterocycles. The highest BCUT2D eigenvalue weighted by Gasteiger charge is 2.00. The van der Waals surface area contributed by atoms with Crippen LogP contribution in [-0.2, 0) is 4.79 Å². The van der Waals surface area contributed by atoms with Crippen LogP contribution in [0.3, 0.4) is 0 Å². The molecular weight excluding hydrogens is 136 g/mol. The van der Waals surface area contributed by atoms with Gasteiger partial charge in [0.05, 0.1) is 0 Å². The van der Waals surface area contributed by atoms with Crippen LogP contribution in [-0.4, -0.2) is 5.78 Å². The number of carbonyl (C=O) groups excluding carboxylic acids is 1. The van der Waals surface area contributed by atoms with Gasteiger partial charge in [-0.1, -0.05) is 19.1 Å². The average Bonchev–Trinajstić information content (AvgIpc) is 1.97. The number of Topliss-reactive ketones (excluding diaryl/α,β-unsaturated/α-hetero) is 1. The smallest absolute Gasteiger partial charge is 0.129 e. The lowest BCUT2D eigenvalue weighted by Gasteiger charge is -2.05. The van der Waals surface area contributed by atoms with Crippen molar-refractivity contribution in [3.8, 4) is 0 Å². The highest BCUT2D eigenvalue weighted by Crippen LogP contribution is 2.10. The molecule has 0 saturated carbocycles. The van der Waals surface area contributed by atoms with E-state index >= 15 is 0 Å². The van der Waals surface area contributed by atoms with E-state index in [9.17, 15) is 4.79 Å². The Balaban J connectivity index is 3.36. The number of allylic oxidation sites excluding steroid dienone is 2. The number of rotatable bonds is 5. The first-order valence-electron chi connectivity index (χ1n) is 4.27. The monoisotopic (exact) mass is 154 g/mol. The van der Waals surface area contributed by atoms with Gasteiger partial charge in [0.15, 0.2) is 0 Å². The Kier molecular flexibility index (Phi) is 5.81. The fourth-order valence-electron chi connectivity index (χ4n) is 0.936. The predicted octanol–water partition coefficient (Wildman–Crippen LogP) is 2.96. The Morgan fingerprint density at radius 2 is 2.18 bits per heavy atom. The van der Waals surface area contributed by atoms with Crippen molar-refractivity contribution in [2.45, 2.75) is 40.0 Å². The van der Waals surface area contributed by atoms with Gasteiger partial charge in [-0.15, -0.1) is 0 Å². The highest BCUT2D eigenvalue weighted by atomic mass is 16.1. The third-order valence-corrected chi connectivity index (χ3v) is 1.76. The van der Waals surface area contributed by atoms with Crippen LogP contribution in [0.25, 0.3) is 0 Å². The topological polar surface area (TPSA) is 17.1 Å². The van der Waals surface area contributed by atoms with Crippen LogP contribution in [0.15, 0.2) is 12.2 Å². The molecule has 0 spiro atoms. The maximum atomic E-state index is 10.6. The van der Waals surface area contributed by atoms with Crippen molar-refractivity contribution in [2.75, 3.05) is 0 Å². The molecule has 1 nitrogen and oxygen atoms in total. The van der Waals surface area contributed by atoms with Gasteiger partial charge in [0.1, 0.15) is 5.78 Å². The van der Waals surface area contributed by atoms with E-state index in [1.165, 1.54) is 0 Å². The van der Waals surface area contributed by atoms with Crippen molar-refractivity contribution in [3.05, 3.63) is 12.2 Å². The summed E-state index contributed by atoms with van der Waals surface area (Å²) in [6.07, 6.45) is 7.08. The molecular formula is C10H18O. The molecule has 0 radical (unpaired) electrons. The molecule has 1 heteroatoms. The molecule has 11 heavy (non-hydrogen) atoms. The van der Waals surface area contributed by atoms with E-state index in [-0.39, 0.29) is 0 Å². The first-order valence-corrected chi connectivity index (χ1v) is 4.27. The molecule has 0 aliphatic carbocycles. The van der Waals surface area contributed by atoms with Crippen LogP contribution in [0, 0.1) is 5.92 Å². The summed E-state index contributed by atoms with van der Waals surface area (Å²) in [4.78, 5) is 10.6. The fourth-order valence-corrected chi connectivity index (χ4v) is 0.936. The van der Waals surface area contributed by atoms with Crippen LogP contribution in [0.4, 0.5) is 0 Å². The molecule has 1 unspecified atom stereocenters. The summed E-state index contributed by atoms with van der Waals surface area (Å²) in [7, 11) is 0. The molecule has 0 saturated heterocycles. The maximum absolute atomic E-state index is 10.6. The number of ketones is 1. The molecule has 0 aromatic rings. The summed E-state index contributed by atoms with van der Waals surface area (Å²) in [5.74, 6) is 0.951. The maximum Gasteiger partial charge on any atom is 0.129 e. The predicted molar refractivity (Wildman–Crippen MR) is 48.5 cm³/mol. The first-order chi connectivity index (χ1) is 5.16. The van der Waals surface area contributed by atoms with Crippen molar-refractivity contribution in [1.82, 2.24) is 0 Å². The summed E-state index contributed by atoms with van der Waals surface area (Å²) in [6, 6.07) is 0. The Bertz CT molecular complexity index is 136. The third kappa shape index (κ3) is 7.31. The standard InChI is InChI=1S/C10H18O/c1-4-5-6-9(2)7-8-10(3)11/h4-5,9H,6-8H2,1-3H3/b5-4+. The summed E-state index contributed by atoms with van der Waals surface area (Å²) in [5.41, 5.74) is 0. The molecule has 0 aliphatic rings. The zero-order valence-electron chi connectivity index (χ0n) is 7.76. The molecule has 0 N–H and O–H groups in total. The first kappa shape index (κ1) is 10.4. The minimum atomic E-state index is 0.303. The van der Waals surface area contributed by atoms with Crippen LogP contribution < -0.4 is 0 Å². The van der Waals surface area contributed by atoms with Gasteiger partial charge in [-0.3, -0.25) is 0 Å². The molecule has 0 aromatic carbocycles. The lowest BCUT2D eigenvalue weighted by Crippen LogP contribution is -1.97. The Hall–Kier alpha value is -0.590. The molecule has 64 valence electrons. The third-order valence-electron chi connectivity index (χ3n) is 1.76. The van der Waals surface area contributed by atoms with Crippen molar-refractivity contribution in [3.63, 3.8) is 0 Å². The van der Waals surface area contributed by atoms with Gasteiger partial charge in [-0.2, -0.15) is 0 Å². The van der Waals surface area contributed by atoms with Gasteiger partial charge in [0, 0.05) is 6.42 Å². The molecule has 1 atom stereocenters. The molecule has 0 amide bonds. The van der Waals surface area contributed by atoms with E-state index in [1.54, 1.807) is 6.92 Å². The van der Waals surface area contributed by atoms with Crippen LogP contribution in [0.2, 0.25) is 0 Å². The van der Waals surface area contributed by atoms with E-state index in [0.717, 1.165) is 19.3 Å². The summed E-state index contributed by atoms with van der Waals surface area (Å²) < 4.78 is 0. The Morgan fingerprint density at radius 1 is 1.55 bits per heavy atom. The lowest BCUT2D eigenvalue weighted by atomic mass is 10.0. The summed E-state index contributed by atoms with van der Waals surface area (Å²) in [6.45, 7) is 5.86. The Morgan fingerprint density at radius 3 is 2.64 bits per heavy atom. The zero-order valence-corrected chi connectivity index (χ0v) is 7.76. The van der Waals surface area contributed by atoms with Crippen LogP contribution in [0.1, 0.15) is 40.0 Å². The van der Waals surface area contributed by atoms with Gasteiger partial charge in [-0.05, 0) is 32.6 Å². The second kappa shape index (κ2) is 6.14. The molecule has 0 rings (SSSR count). The van der Waals surface area contributed by atoms with Crippen LogP contribution in [0.5, 0.6) is 0 Å². The Labute approximate surface area is 69.5 Å². The van der Waals surface area contributed by atoms with Crippen molar-refractivity contribution >= 4 is 5.78 Å². The molecule has 0 fully saturated rings. The average molecular weight is 154 g/mol. The van der Waals surface area contributed by atoms with Crippen LogP contribution >= 0.6 is 0 Å². The van der Waals surface area contributed by atoms with E-state index in [1.807, 2.05) is 6.92 Å². The quantitative estimate of drug-likeness (QED) is 0.556. The minimum absolute atomic E-state index is 0.303. The normalized spacial score (nSPS) is 13.7. The van der Waals surface area contributed by atoms with E-state index < -0.39 is 0 Å². The zero-order chi connectivity index (χ0) is 8.69. The lowest BCUT2D eigenvalue weighted by molar-refractivity contribution is -0.117. The van der Waals surface area contributed by atoms with Crippen molar-refractivity contribution in [1.29, 1.82) is 0 Å². The van der Waals surface area contributed by atoms with Crippen molar-refractivity contribution < 1.29 is 4.79 Å². The minimum Gasteiger partial charge on any atom is -0.300 e. The van der Waals surface area contributed by atoms with Crippen molar-refractivity contribution in [2.24, 2.45) is 5.92 Å². The molecule has 0 heterocycles. The second-order valence-electron chi connectivity index (χ2n) is 3.15. The molecule has 0 bridgehead atoms. The van der Waals surface area contributed by atoms with Gasteiger partial charge in [-0.25, -0.2) is 0 Å². The highest BCUT2D eigenvalue weighted by molar-refractivity contribution is 5.75. The molecule has 0 aliphatic heterocycles.